The summed E-state index contributed by atoms with van der Waals surface area (Å²) in [5.41, 5.74) is 2.48. The highest BCUT2D eigenvalue weighted by Crippen LogP contribution is 2.26. The molecule has 7 heteroatoms. The molecule has 1 fully saturated rings. The van der Waals surface area contributed by atoms with Crippen molar-refractivity contribution in [1.82, 2.24) is 19.8 Å². The second-order valence-corrected chi connectivity index (χ2v) is 7.99. The molecule has 0 atom stereocenters. The van der Waals surface area contributed by atoms with Crippen LogP contribution in [0.4, 0.5) is 4.39 Å². The number of halogens is 1. The largest absolute Gasteiger partial charge is 0.340 e. The van der Waals surface area contributed by atoms with Gasteiger partial charge in [-0.1, -0.05) is 12.1 Å². The van der Waals surface area contributed by atoms with Crippen molar-refractivity contribution in [1.29, 1.82) is 0 Å². The summed E-state index contributed by atoms with van der Waals surface area (Å²) in [4.78, 5) is 25.5. The third kappa shape index (κ3) is 5.05. The zero-order chi connectivity index (χ0) is 20.1. The number of hydrogen-bond donors (Lipinski definition) is 0. The van der Waals surface area contributed by atoms with Crippen LogP contribution in [-0.2, 0) is 17.6 Å². The third-order valence-corrected chi connectivity index (χ3v) is 6.10. The molecule has 3 aromatic rings. The zero-order valence-corrected chi connectivity index (χ0v) is 16.9. The number of carbonyl (C=O) groups is 1. The van der Waals surface area contributed by atoms with Crippen molar-refractivity contribution in [3.63, 3.8) is 0 Å². The number of aromatic nitrogens is 2. The maximum Gasteiger partial charge on any atom is 0.228 e. The predicted octanol–water partition coefficient (Wildman–Crippen LogP) is 3.27. The molecule has 1 aliphatic rings. The van der Waals surface area contributed by atoms with Crippen molar-refractivity contribution in [2.24, 2.45) is 0 Å². The van der Waals surface area contributed by atoms with E-state index in [1.165, 1.54) is 23.0 Å². The molecule has 1 amide bonds. The number of hydrogen-bond acceptors (Lipinski definition) is 5. The van der Waals surface area contributed by atoms with Gasteiger partial charge in [0.2, 0.25) is 5.91 Å². The van der Waals surface area contributed by atoms with E-state index in [9.17, 15) is 9.18 Å². The van der Waals surface area contributed by atoms with E-state index in [1.54, 1.807) is 18.2 Å². The lowest BCUT2D eigenvalue weighted by Crippen LogP contribution is -2.49. The Hall–Kier alpha value is -2.64. The first-order chi connectivity index (χ1) is 14.2. The summed E-state index contributed by atoms with van der Waals surface area (Å²) in [7, 11) is 0. The van der Waals surface area contributed by atoms with Crippen molar-refractivity contribution in [2.45, 2.75) is 12.8 Å². The van der Waals surface area contributed by atoms with Crippen LogP contribution in [0.3, 0.4) is 0 Å². The number of thiazole rings is 1. The molecule has 150 valence electrons. The molecule has 1 aliphatic heterocycles. The maximum atomic E-state index is 13.9. The molecule has 0 aliphatic carbocycles. The van der Waals surface area contributed by atoms with Crippen LogP contribution in [0, 0.1) is 5.82 Å². The molecule has 1 aromatic carbocycles. The van der Waals surface area contributed by atoms with Crippen LogP contribution in [-0.4, -0.2) is 58.4 Å². The number of pyridine rings is 1. The number of nitrogens with zero attached hydrogens (tertiary/aromatic N) is 4. The number of amides is 1. The zero-order valence-electron chi connectivity index (χ0n) is 16.1. The van der Waals surface area contributed by atoms with Gasteiger partial charge < -0.3 is 4.90 Å². The first-order valence-corrected chi connectivity index (χ1v) is 10.7. The molecule has 0 spiro atoms. The third-order valence-electron chi connectivity index (χ3n) is 5.18. The van der Waals surface area contributed by atoms with E-state index >= 15 is 0 Å². The molecule has 3 heterocycles. The highest BCUT2D eigenvalue weighted by molar-refractivity contribution is 7.13. The Morgan fingerprint density at radius 3 is 2.59 bits per heavy atom. The summed E-state index contributed by atoms with van der Waals surface area (Å²) in [6, 6.07) is 10.7. The van der Waals surface area contributed by atoms with Crippen LogP contribution >= 0.6 is 11.3 Å². The average Bonchev–Trinajstić information content (AvgIpc) is 3.22. The molecule has 0 bridgehead atoms. The van der Waals surface area contributed by atoms with E-state index in [0.717, 1.165) is 39.1 Å². The van der Waals surface area contributed by atoms with Crippen LogP contribution in [0.15, 0.2) is 54.2 Å². The summed E-state index contributed by atoms with van der Waals surface area (Å²) in [6.07, 6.45) is 4.90. The van der Waals surface area contributed by atoms with Gasteiger partial charge in [0.25, 0.3) is 0 Å². The minimum absolute atomic E-state index is 0.0872. The molecule has 1 saturated heterocycles. The van der Waals surface area contributed by atoms with Gasteiger partial charge in [-0.25, -0.2) is 9.37 Å². The van der Waals surface area contributed by atoms with Crippen molar-refractivity contribution in [3.8, 4) is 10.6 Å². The van der Waals surface area contributed by atoms with Crippen molar-refractivity contribution in [2.75, 3.05) is 32.7 Å². The Balaban J connectivity index is 1.27. The molecule has 4 rings (SSSR count). The lowest BCUT2D eigenvalue weighted by molar-refractivity contribution is -0.132. The number of piperazine rings is 1. The van der Waals surface area contributed by atoms with Crippen LogP contribution in [0.1, 0.15) is 11.3 Å². The fourth-order valence-electron chi connectivity index (χ4n) is 3.47. The molecular formula is C22H23FN4OS. The smallest absolute Gasteiger partial charge is 0.228 e. The SMILES string of the molecule is O=C(Cc1csc(-c2ccccc2F)n1)N1CCN(CCc2ccncc2)CC1. The fraction of sp³-hybridized carbons (Fsp3) is 0.318. The molecule has 0 radical (unpaired) electrons. The molecule has 5 nitrogen and oxygen atoms in total. The molecular weight excluding hydrogens is 387 g/mol. The summed E-state index contributed by atoms with van der Waals surface area (Å²) in [5, 5.41) is 2.47. The van der Waals surface area contributed by atoms with E-state index in [1.807, 2.05) is 34.8 Å². The maximum absolute atomic E-state index is 13.9. The Kier molecular flexibility index (Phi) is 6.27. The van der Waals surface area contributed by atoms with Crippen molar-refractivity contribution < 1.29 is 9.18 Å². The summed E-state index contributed by atoms with van der Waals surface area (Å²) < 4.78 is 13.9. The highest BCUT2D eigenvalue weighted by Gasteiger charge is 2.22. The van der Waals surface area contributed by atoms with Crippen molar-refractivity contribution in [3.05, 3.63) is 71.2 Å². The van der Waals surface area contributed by atoms with Gasteiger partial charge in [-0.2, -0.15) is 0 Å². The number of benzene rings is 1. The number of carbonyl (C=O) groups excluding carboxylic acids is 1. The van der Waals surface area contributed by atoms with Crippen LogP contribution in [0.25, 0.3) is 10.6 Å². The van der Waals surface area contributed by atoms with Gasteiger partial charge in [-0.3, -0.25) is 14.7 Å². The summed E-state index contributed by atoms with van der Waals surface area (Å²) >= 11 is 1.38. The topological polar surface area (TPSA) is 49.3 Å². The first-order valence-electron chi connectivity index (χ1n) is 9.77. The van der Waals surface area contributed by atoms with Gasteiger partial charge in [0.05, 0.1) is 12.1 Å². The van der Waals surface area contributed by atoms with E-state index in [-0.39, 0.29) is 18.1 Å². The van der Waals surface area contributed by atoms with Crippen LogP contribution < -0.4 is 0 Å². The fourth-order valence-corrected chi connectivity index (χ4v) is 4.32. The van der Waals surface area contributed by atoms with Gasteiger partial charge in [0.15, 0.2) is 0 Å². The van der Waals surface area contributed by atoms with Gasteiger partial charge in [-0.05, 0) is 36.2 Å². The molecule has 0 unspecified atom stereocenters. The molecule has 29 heavy (non-hydrogen) atoms. The Morgan fingerprint density at radius 2 is 1.83 bits per heavy atom. The molecule has 2 aromatic heterocycles. The van der Waals surface area contributed by atoms with Gasteiger partial charge >= 0.3 is 0 Å². The molecule has 0 N–H and O–H groups in total. The average molecular weight is 411 g/mol. The lowest BCUT2D eigenvalue weighted by atomic mass is 10.2. The van der Waals surface area contributed by atoms with E-state index in [2.05, 4.69) is 14.9 Å². The van der Waals surface area contributed by atoms with Crippen LogP contribution in [0.2, 0.25) is 0 Å². The second-order valence-electron chi connectivity index (χ2n) is 7.13. The highest BCUT2D eigenvalue weighted by atomic mass is 32.1. The second kappa shape index (κ2) is 9.24. The minimum atomic E-state index is -0.289. The Labute approximate surface area is 173 Å². The summed E-state index contributed by atoms with van der Waals surface area (Å²) in [5.74, 6) is -0.202. The quantitative estimate of drug-likeness (QED) is 0.626. The van der Waals surface area contributed by atoms with Crippen molar-refractivity contribution >= 4 is 17.2 Å². The monoisotopic (exact) mass is 410 g/mol. The van der Waals surface area contributed by atoms with E-state index in [0.29, 0.717) is 16.3 Å². The van der Waals surface area contributed by atoms with E-state index in [4.69, 9.17) is 0 Å². The number of rotatable bonds is 6. The van der Waals surface area contributed by atoms with Gasteiger partial charge in [-0.15, -0.1) is 11.3 Å². The van der Waals surface area contributed by atoms with Crippen LogP contribution in [0.5, 0.6) is 0 Å². The summed E-state index contributed by atoms with van der Waals surface area (Å²) in [6.45, 7) is 4.23. The Morgan fingerprint density at radius 1 is 1.07 bits per heavy atom. The predicted molar refractivity (Wildman–Crippen MR) is 112 cm³/mol. The molecule has 0 saturated carbocycles. The normalized spacial score (nSPS) is 14.9. The minimum Gasteiger partial charge on any atom is -0.340 e. The van der Waals surface area contributed by atoms with Gasteiger partial charge in [0, 0.05) is 56.1 Å². The lowest BCUT2D eigenvalue weighted by Gasteiger charge is -2.34. The van der Waals surface area contributed by atoms with E-state index < -0.39 is 0 Å². The first kappa shape index (κ1) is 19.7. The van der Waals surface area contributed by atoms with Gasteiger partial charge in [0.1, 0.15) is 10.8 Å². The Bertz CT molecular complexity index is 954. The standard InChI is InChI=1S/C22H23FN4OS/c23-20-4-2-1-3-19(20)22-25-18(16-29-22)15-21(28)27-13-11-26(12-14-27)10-7-17-5-8-24-9-6-17/h1-6,8-9,16H,7,10-15H2.